The topological polar surface area (TPSA) is 48.8 Å². The maximum absolute atomic E-state index is 9.92. The highest BCUT2D eigenvalue weighted by molar-refractivity contribution is 4.07. The SMILES string of the molecule is CCNO[NH+](C)[O-]. The summed E-state index contributed by atoms with van der Waals surface area (Å²) < 4.78 is 0. The van der Waals surface area contributed by atoms with Crippen LogP contribution in [0.3, 0.4) is 0 Å². The van der Waals surface area contributed by atoms with Crippen LogP contribution in [0.5, 0.6) is 0 Å². The molecule has 0 aromatic carbocycles. The number of hydrogen-bond donors (Lipinski definition) is 2. The van der Waals surface area contributed by atoms with Crippen LogP contribution in [-0.2, 0) is 4.94 Å². The van der Waals surface area contributed by atoms with Crippen LogP contribution < -0.4 is 10.7 Å². The lowest BCUT2D eigenvalue weighted by atomic mass is 10.8. The molecule has 0 bridgehead atoms. The summed E-state index contributed by atoms with van der Waals surface area (Å²) in [4.78, 5) is 4.30. The lowest BCUT2D eigenvalue weighted by Gasteiger charge is -2.11. The van der Waals surface area contributed by atoms with Gasteiger partial charge in [-0.15, -0.1) is 10.4 Å². The van der Waals surface area contributed by atoms with E-state index in [1.54, 1.807) is 0 Å². The molecule has 0 heterocycles. The fraction of sp³-hybridized carbons (Fsp3) is 1.00. The summed E-state index contributed by atoms with van der Waals surface area (Å²) in [6.07, 6.45) is 0. The zero-order valence-corrected chi connectivity index (χ0v) is 4.52. The second kappa shape index (κ2) is 4.01. The van der Waals surface area contributed by atoms with Crippen LogP contribution in [0.2, 0.25) is 0 Å². The minimum absolute atomic E-state index is 0.304. The molecule has 0 spiro atoms. The van der Waals surface area contributed by atoms with Gasteiger partial charge in [0.15, 0.2) is 0 Å². The lowest BCUT2D eigenvalue weighted by molar-refractivity contribution is -1.05. The quantitative estimate of drug-likeness (QED) is 0.428. The van der Waals surface area contributed by atoms with E-state index >= 15 is 0 Å². The predicted octanol–water partition coefficient (Wildman–Crippen LogP) is -1.54. The summed E-state index contributed by atoms with van der Waals surface area (Å²) in [5.41, 5.74) is 2.40. The van der Waals surface area contributed by atoms with Crippen LogP contribution in [-0.4, -0.2) is 13.6 Å². The summed E-state index contributed by atoms with van der Waals surface area (Å²) in [6.45, 7) is 2.50. The maximum atomic E-state index is 9.92. The number of hydrogen-bond acceptors (Lipinski definition) is 3. The largest absolute Gasteiger partial charge is 0.599 e. The van der Waals surface area contributed by atoms with E-state index in [1.807, 2.05) is 6.92 Å². The highest BCUT2D eigenvalue weighted by Crippen LogP contribution is 1.44. The van der Waals surface area contributed by atoms with Crippen molar-refractivity contribution in [3.8, 4) is 0 Å². The van der Waals surface area contributed by atoms with Crippen molar-refractivity contribution in [2.45, 2.75) is 6.92 Å². The Bertz CT molecular complexity index is 39.9. The third-order valence-electron chi connectivity index (χ3n) is 0.360. The molecule has 0 aliphatic heterocycles. The Morgan fingerprint density at radius 1 is 1.86 bits per heavy atom. The van der Waals surface area contributed by atoms with Gasteiger partial charge in [0.25, 0.3) is 0 Å². The molecule has 0 rings (SSSR count). The van der Waals surface area contributed by atoms with Crippen molar-refractivity contribution in [2.24, 2.45) is 0 Å². The van der Waals surface area contributed by atoms with Gasteiger partial charge in [0.2, 0.25) is 0 Å². The van der Waals surface area contributed by atoms with Crippen molar-refractivity contribution in [1.29, 1.82) is 0 Å². The van der Waals surface area contributed by atoms with Gasteiger partial charge in [-0.3, -0.25) is 0 Å². The minimum Gasteiger partial charge on any atom is -0.599 e. The lowest BCUT2D eigenvalue weighted by Crippen LogP contribution is -3.04. The summed E-state index contributed by atoms with van der Waals surface area (Å²) in [5, 5.41) is 9.61. The normalized spacial score (nSPS) is 14.1. The molecule has 0 aromatic rings. The fourth-order valence-electron chi connectivity index (χ4n) is 0.174. The van der Waals surface area contributed by atoms with Crippen molar-refractivity contribution < 1.29 is 10.2 Å². The van der Waals surface area contributed by atoms with Crippen LogP contribution >= 0.6 is 0 Å². The van der Waals surface area contributed by atoms with E-state index < -0.39 is 0 Å². The monoisotopic (exact) mass is 106 g/mol. The van der Waals surface area contributed by atoms with Gasteiger partial charge in [0.05, 0.1) is 7.05 Å². The molecule has 0 aliphatic carbocycles. The molecule has 0 saturated carbocycles. The highest BCUT2D eigenvalue weighted by atomic mass is 17.0. The summed E-state index contributed by atoms with van der Waals surface area (Å²) >= 11 is 0. The molecule has 1 unspecified atom stereocenters. The molecular formula is C3H10N2O2. The average Bonchev–Trinajstić information content (AvgIpc) is 1.61. The third kappa shape index (κ3) is 5.84. The Morgan fingerprint density at radius 2 is 2.43 bits per heavy atom. The van der Waals surface area contributed by atoms with Crippen LogP contribution in [0.4, 0.5) is 0 Å². The van der Waals surface area contributed by atoms with Gasteiger partial charge in [0, 0.05) is 6.54 Å². The molecule has 4 nitrogen and oxygen atoms in total. The molecule has 0 radical (unpaired) electrons. The summed E-state index contributed by atoms with van der Waals surface area (Å²) in [7, 11) is 1.35. The van der Waals surface area contributed by atoms with E-state index in [0.717, 1.165) is 0 Å². The van der Waals surface area contributed by atoms with E-state index in [4.69, 9.17) is 0 Å². The third-order valence-corrected chi connectivity index (χ3v) is 0.360. The van der Waals surface area contributed by atoms with Gasteiger partial charge in [-0.05, 0) is 0 Å². The van der Waals surface area contributed by atoms with E-state index in [2.05, 4.69) is 10.4 Å². The first-order valence-corrected chi connectivity index (χ1v) is 2.17. The zero-order valence-electron chi connectivity index (χ0n) is 4.52. The molecular weight excluding hydrogens is 96.0 g/mol. The average molecular weight is 106 g/mol. The van der Waals surface area contributed by atoms with E-state index in [0.29, 0.717) is 6.54 Å². The molecule has 0 fully saturated rings. The molecule has 0 aromatic heterocycles. The van der Waals surface area contributed by atoms with Crippen LogP contribution in [0.1, 0.15) is 6.92 Å². The van der Waals surface area contributed by atoms with Gasteiger partial charge < -0.3 is 5.21 Å². The Morgan fingerprint density at radius 3 is 2.57 bits per heavy atom. The van der Waals surface area contributed by atoms with Crippen molar-refractivity contribution >= 4 is 0 Å². The van der Waals surface area contributed by atoms with Crippen molar-refractivity contribution in [2.75, 3.05) is 13.6 Å². The first-order chi connectivity index (χ1) is 3.27. The van der Waals surface area contributed by atoms with Gasteiger partial charge in [-0.2, -0.15) is 0 Å². The van der Waals surface area contributed by atoms with E-state index in [1.165, 1.54) is 7.05 Å². The second-order valence-corrected chi connectivity index (χ2v) is 1.09. The maximum Gasteiger partial charge on any atom is 0.0982 e. The van der Waals surface area contributed by atoms with Crippen molar-refractivity contribution in [1.82, 2.24) is 5.48 Å². The number of nitrogens with one attached hydrogen (secondary N) is 2. The van der Waals surface area contributed by atoms with Crippen molar-refractivity contribution in [3.05, 3.63) is 5.21 Å². The molecule has 0 saturated heterocycles. The molecule has 1 atom stereocenters. The Labute approximate surface area is 42.5 Å². The summed E-state index contributed by atoms with van der Waals surface area (Å²) in [5.74, 6) is 0. The number of hydroxylamine groups is 3. The Kier molecular flexibility index (Phi) is 3.92. The smallest absolute Gasteiger partial charge is 0.0982 e. The summed E-state index contributed by atoms with van der Waals surface area (Å²) in [6, 6.07) is 0. The first kappa shape index (κ1) is 6.84. The first-order valence-electron chi connectivity index (χ1n) is 2.17. The fourth-order valence-corrected chi connectivity index (χ4v) is 0.174. The van der Waals surface area contributed by atoms with E-state index in [9.17, 15) is 5.21 Å². The minimum atomic E-state index is -0.304. The molecule has 7 heavy (non-hydrogen) atoms. The second-order valence-electron chi connectivity index (χ2n) is 1.09. The van der Waals surface area contributed by atoms with Crippen LogP contribution in [0, 0.1) is 5.21 Å². The Hall–Kier alpha value is -0.160. The zero-order chi connectivity index (χ0) is 5.70. The molecule has 4 heteroatoms. The Balaban J connectivity index is 2.68. The van der Waals surface area contributed by atoms with Crippen molar-refractivity contribution in [3.63, 3.8) is 0 Å². The van der Waals surface area contributed by atoms with Gasteiger partial charge in [-0.1, -0.05) is 6.92 Å². The van der Waals surface area contributed by atoms with Gasteiger partial charge in [0.1, 0.15) is 0 Å². The van der Waals surface area contributed by atoms with Gasteiger partial charge >= 0.3 is 0 Å². The van der Waals surface area contributed by atoms with E-state index in [-0.39, 0.29) is 5.23 Å². The molecule has 0 aliphatic rings. The van der Waals surface area contributed by atoms with Crippen LogP contribution in [0.25, 0.3) is 0 Å². The molecule has 2 N–H and O–H groups in total. The molecule has 0 amide bonds. The molecule has 44 valence electrons. The standard InChI is InChI=1S/C3H10N2O2/c1-3-4-7-5(2)6/h4-5H,3H2,1-2H3. The highest BCUT2D eigenvalue weighted by Gasteiger charge is 1.79. The van der Waals surface area contributed by atoms with Crippen LogP contribution in [0.15, 0.2) is 0 Å². The number of quaternary nitrogens is 1. The predicted molar refractivity (Wildman–Crippen MR) is 25.0 cm³/mol. The number of rotatable bonds is 3. The van der Waals surface area contributed by atoms with Gasteiger partial charge in [-0.25, -0.2) is 5.23 Å².